The summed E-state index contributed by atoms with van der Waals surface area (Å²) in [5.41, 5.74) is 11.7. The molecule has 0 aliphatic rings. The Labute approximate surface area is 121 Å². The van der Waals surface area contributed by atoms with E-state index in [4.69, 9.17) is 5.73 Å². The van der Waals surface area contributed by atoms with E-state index < -0.39 is 0 Å². The van der Waals surface area contributed by atoms with Crippen LogP contribution < -0.4 is 5.73 Å². The maximum atomic E-state index is 5.72. The van der Waals surface area contributed by atoms with Gasteiger partial charge in [0.25, 0.3) is 0 Å². The van der Waals surface area contributed by atoms with Crippen molar-refractivity contribution in [2.45, 2.75) is 0 Å². The molecule has 0 aliphatic carbocycles. The maximum absolute atomic E-state index is 5.72. The summed E-state index contributed by atoms with van der Waals surface area (Å²) in [4.78, 5) is 3.28. The highest BCUT2D eigenvalue weighted by molar-refractivity contribution is 5.95. The number of hydrogen-bond donors (Lipinski definition) is 3. The Morgan fingerprint density at radius 1 is 0.952 bits per heavy atom. The van der Waals surface area contributed by atoms with Gasteiger partial charge >= 0.3 is 0 Å². The molecule has 4 heteroatoms. The monoisotopic (exact) mass is 274 g/mol. The SMILES string of the molecule is Nc1ccc(-c2cc(-c3c[nH]c4ccccc34)[nH]n2)cc1. The first-order chi connectivity index (χ1) is 10.3. The molecule has 4 rings (SSSR count). The van der Waals surface area contributed by atoms with Gasteiger partial charge in [-0.05, 0) is 24.3 Å². The fourth-order valence-electron chi connectivity index (χ4n) is 2.56. The topological polar surface area (TPSA) is 70.5 Å². The van der Waals surface area contributed by atoms with Gasteiger partial charge in [0.15, 0.2) is 0 Å². The molecule has 4 nitrogen and oxygen atoms in total. The lowest BCUT2D eigenvalue weighted by atomic mass is 10.1. The lowest BCUT2D eigenvalue weighted by Gasteiger charge is -1.96. The van der Waals surface area contributed by atoms with E-state index in [9.17, 15) is 0 Å². The fourth-order valence-corrected chi connectivity index (χ4v) is 2.56. The van der Waals surface area contributed by atoms with E-state index in [2.05, 4.69) is 33.4 Å². The van der Waals surface area contributed by atoms with Crippen molar-refractivity contribution < 1.29 is 0 Å². The molecule has 2 aromatic heterocycles. The van der Waals surface area contributed by atoms with E-state index in [0.29, 0.717) is 0 Å². The van der Waals surface area contributed by atoms with Gasteiger partial charge in [0, 0.05) is 33.9 Å². The Morgan fingerprint density at radius 2 is 1.76 bits per heavy atom. The average molecular weight is 274 g/mol. The lowest BCUT2D eigenvalue weighted by molar-refractivity contribution is 1.10. The van der Waals surface area contributed by atoms with Gasteiger partial charge in [0.2, 0.25) is 0 Å². The Kier molecular flexibility index (Phi) is 2.54. The molecule has 0 amide bonds. The van der Waals surface area contributed by atoms with Gasteiger partial charge in [-0.15, -0.1) is 0 Å². The summed E-state index contributed by atoms with van der Waals surface area (Å²) in [5.74, 6) is 0. The second kappa shape index (κ2) is 4.52. The summed E-state index contributed by atoms with van der Waals surface area (Å²) in [7, 11) is 0. The summed E-state index contributed by atoms with van der Waals surface area (Å²) in [6.45, 7) is 0. The van der Waals surface area contributed by atoms with Crippen molar-refractivity contribution in [3.63, 3.8) is 0 Å². The van der Waals surface area contributed by atoms with Gasteiger partial charge in [-0.2, -0.15) is 5.10 Å². The number of H-pyrrole nitrogens is 2. The number of anilines is 1. The standard InChI is InChI=1S/C17H14N4/c18-12-7-5-11(6-8-12)16-9-17(21-20-16)14-10-19-15-4-2-1-3-13(14)15/h1-10,19H,18H2,(H,20,21). The Balaban J connectivity index is 1.79. The Morgan fingerprint density at radius 3 is 2.62 bits per heavy atom. The van der Waals surface area contributed by atoms with Gasteiger partial charge in [-0.25, -0.2) is 0 Å². The molecule has 0 aliphatic heterocycles. The second-order valence-electron chi connectivity index (χ2n) is 5.04. The van der Waals surface area contributed by atoms with Crippen LogP contribution in [0.25, 0.3) is 33.4 Å². The van der Waals surface area contributed by atoms with E-state index in [1.54, 1.807) is 0 Å². The van der Waals surface area contributed by atoms with Crippen molar-refractivity contribution in [3.8, 4) is 22.5 Å². The number of para-hydroxylation sites is 1. The number of benzene rings is 2. The van der Waals surface area contributed by atoms with Crippen LogP contribution in [0.2, 0.25) is 0 Å². The van der Waals surface area contributed by atoms with Crippen LogP contribution >= 0.6 is 0 Å². The molecule has 4 aromatic rings. The zero-order valence-electron chi connectivity index (χ0n) is 11.3. The summed E-state index contributed by atoms with van der Waals surface area (Å²) in [6, 6.07) is 18.0. The van der Waals surface area contributed by atoms with Crippen LogP contribution in [0, 0.1) is 0 Å². The second-order valence-corrected chi connectivity index (χ2v) is 5.04. The first kappa shape index (κ1) is 11.8. The molecule has 2 heterocycles. The number of nitrogens with two attached hydrogens (primary N) is 1. The lowest BCUT2D eigenvalue weighted by Crippen LogP contribution is -1.83. The van der Waals surface area contributed by atoms with Crippen LogP contribution in [0.1, 0.15) is 0 Å². The van der Waals surface area contributed by atoms with Gasteiger partial charge in [-0.1, -0.05) is 30.3 Å². The molecule has 0 unspecified atom stereocenters. The molecule has 0 radical (unpaired) electrons. The van der Waals surface area contributed by atoms with Crippen LogP contribution in [0.15, 0.2) is 60.8 Å². The van der Waals surface area contributed by atoms with Crippen LogP contribution in [-0.4, -0.2) is 15.2 Å². The quantitative estimate of drug-likeness (QED) is 0.486. The van der Waals surface area contributed by atoms with E-state index in [1.165, 1.54) is 5.39 Å². The normalized spacial score (nSPS) is 11.0. The summed E-state index contributed by atoms with van der Waals surface area (Å²) >= 11 is 0. The minimum atomic E-state index is 0.756. The molecule has 0 atom stereocenters. The molecule has 0 saturated carbocycles. The summed E-state index contributed by atoms with van der Waals surface area (Å²) in [5, 5.41) is 8.70. The van der Waals surface area contributed by atoms with Crippen molar-refractivity contribution in [1.82, 2.24) is 15.2 Å². The van der Waals surface area contributed by atoms with Gasteiger partial charge in [0.1, 0.15) is 0 Å². The molecular weight excluding hydrogens is 260 g/mol. The molecule has 0 spiro atoms. The van der Waals surface area contributed by atoms with Crippen LogP contribution in [0.3, 0.4) is 0 Å². The van der Waals surface area contributed by atoms with Gasteiger partial charge in [-0.3, -0.25) is 5.10 Å². The van der Waals surface area contributed by atoms with E-state index in [1.807, 2.05) is 42.6 Å². The molecule has 0 saturated heterocycles. The smallest absolute Gasteiger partial charge is 0.0927 e. The predicted octanol–water partition coefficient (Wildman–Crippen LogP) is 3.81. The van der Waals surface area contributed by atoms with E-state index in [0.717, 1.165) is 33.7 Å². The average Bonchev–Trinajstić information content (AvgIpc) is 3.14. The third-order valence-corrected chi connectivity index (χ3v) is 3.66. The molecule has 0 bridgehead atoms. The van der Waals surface area contributed by atoms with Crippen molar-refractivity contribution in [1.29, 1.82) is 0 Å². The highest BCUT2D eigenvalue weighted by atomic mass is 15.1. The number of aromatic nitrogens is 3. The first-order valence-corrected chi connectivity index (χ1v) is 6.79. The number of hydrogen-bond acceptors (Lipinski definition) is 2. The van der Waals surface area contributed by atoms with Crippen LogP contribution in [0.5, 0.6) is 0 Å². The van der Waals surface area contributed by atoms with Crippen molar-refractivity contribution in [2.24, 2.45) is 0 Å². The summed E-state index contributed by atoms with van der Waals surface area (Å²) < 4.78 is 0. The molecule has 2 aromatic carbocycles. The number of nitrogen functional groups attached to an aromatic ring is 1. The zero-order valence-corrected chi connectivity index (χ0v) is 11.3. The molecule has 21 heavy (non-hydrogen) atoms. The molecule has 0 fully saturated rings. The summed E-state index contributed by atoms with van der Waals surface area (Å²) in [6.07, 6.45) is 2.00. The van der Waals surface area contributed by atoms with Gasteiger partial charge in [0.05, 0.1) is 11.4 Å². The van der Waals surface area contributed by atoms with Gasteiger partial charge < -0.3 is 10.7 Å². The Bertz CT molecular complexity index is 900. The predicted molar refractivity (Wildman–Crippen MR) is 85.7 cm³/mol. The first-order valence-electron chi connectivity index (χ1n) is 6.79. The number of aromatic amines is 2. The zero-order chi connectivity index (χ0) is 14.2. The molecule has 102 valence electrons. The largest absolute Gasteiger partial charge is 0.399 e. The third-order valence-electron chi connectivity index (χ3n) is 3.66. The van der Waals surface area contributed by atoms with E-state index in [-0.39, 0.29) is 0 Å². The highest BCUT2D eigenvalue weighted by Gasteiger charge is 2.09. The van der Waals surface area contributed by atoms with Crippen molar-refractivity contribution in [3.05, 3.63) is 60.8 Å². The Hall–Kier alpha value is -3.01. The minimum absolute atomic E-state index is 0.756. The number of fused-ring (bicyclic) bond motifs is 1. The maximum Gasteiger partial charge on any atom is 0.0927 e. The van der Waals surface area contributed by atoms with Crippen molar-refractivity contribution >= 4 is 16.6 Å². The molecular formula is C17H14N4. The highest BCUT2D eigenvalue weighted by Crippen LogP contribution is 2.29. The minimum Gasteiger partial charge on any atom is -0.399 e. The molecule has 4 N–H and O–H groups in total. The van der Waals surface area contributed by atoms with Crippen LogP contribution in [0.4, 0.5) is 5.69 Å². The van der Waals surface area contributed by atoms with Crippen molar-refractivity contribution in [2.75, 3.05) is 5.73 Å². The fraction of sp³-hybridized carbons (Fsp3) is 0. The number of rotatable bonds is 2. The number of nitrogens with zero attached hydrogens (tertiary/aromatic N) is 1. The van der Waals surface area contributed by atoms with E-state index >= 15 is 0 Å². The van der Waals surface area contributed by atoms with Crippen LogP contribution in [-0.2, 0) is 0 Å². The third kappa shape index (κ3) is 1.97. The number of nitrogens with one attached hydrogen (secondary N) is 2.